The third-order valence-electron chi connectivity index (χ3n) is 4.46. The molecule has 3 aromatic rings. The molecule has 1 heterocycles. The van der Waals surface area contributed by atoms with Crippen molar-refractivity contribution in [3.8, 4) is 5.75 Å². The molecule has 0 unspecified atom stereocenters. The SMILES string of the molecule is O=C1/C(=C\c2cc(I)c(OCc3ccccc3F)c(I)c2)SC(=S)N1c1ccccc1. The molecule has 3 aromatic carbocycles. The van der Waals surface area contributed by atoms with Crippen molar-refractivity contribution < 1.29 is 13.9 Å². The first-order chi connectivity index (χ1) is 14.9. The Morgan fingerprint density at radius 1 is 1.03 bits per heavy atom. The third kappa shape index (κ3) is 5.12. The molecule has 1 aliphatic rings. The van der Waals surface area contributed by atoms with Crippen molar-refractivity contribution in [2.24, 2.45) is 0 Å². The van der Waals surface area contributed by atoms with Gasteiger partial charge in [0.1, 0.15) is 18.2 Å². The number of anilines is 1. The second-order valence-electron chi connectivity index (χ2n) is 6.55. The predicted octanol–water partition coefficient (Wildman–Crippen LogP) is 7.02. The lowest BCUT2D eigenvalue weighted by Gasteiger charge is -2.14. The Labute approximate surface area is 216 Å². The molecule has 0 aliphatic carbocycles. The van der Waals surface area contributed by atoms with Crippen LogP contribution in [0.1, 0.15) is 11.1 Å². The third-order valence-corrected chi connectivity index (χ3v) is 7.36. The van der Waals surface area contributed by atoms with Gasteiger partial charge in [-0.2, -0.15) is 0 Å². The van der Waals surface area contributed by atoms with Gasteiger partial charge in [-0.1, -0.05) is 60.4 Å². The summed E-state index contributed by atoms with van der Waals surface area (Å²) in [4.78, 5) is 15.1. The number of carbonyl (C=O) groups excluding carboxylic acids is 1. The van der Waals surface area contributed by atoms with Crippen LogP contribution >= 0.6 is 69.2 Å². The van der Waals surface area contributed by atoms with Gasteiger partial charge in [-0.05, 0) is 87.2 Å². The topological polar surface area (TPSA) is 29.5 Å². The number of ether oxygens (including phenoxy) is 1. The molecule has 4 rings (SSSR count). The Balaban J connectivity index is 1.56. The number of thioether (sulfide) groups is 1. The second-order valence-corrected chi connectivity index (χ2v) is 10.5. The molecule has 8 heteroatoms. The van der Waals surface area contributed by atoms with Crippen molar-refractivity contribution in [2.45, 2.75) is 6.61 Å². The summed E-state index contributed by atoms with van der Waals surface area (Å²) < 4.78 is 22.0. The maximum absolute atomic E-state index is 13.9. The number of amides is 1. The van der Waals surface area contributed by atoms with Gasteiger partial charge in [0.05, 0.1) is 17.7 Å². The molecule has 0 N–H and O–H groups in total. The number of para-hydroxylation sites is 1. The van der Waals surface area contributed by atoms with E-state index in [9.17, 15) is 9.18 Å². The average Bonchev–Trinajstić information content (AvgIpc) is 3.02. The fourth-order valence-corrected chi connectivity index (χ4v) is 6.41. The molecule has 31 heavy (non-hydrogen) atoms. The molecule has 1 aliphatic heterocycles. The zero-order valence-electron chi connectivity index (χ0n) is 15.8. The molecule has 3 nitrogen and oxygen atoms in total. The minimum absolute atomic E-state index is 0.133. The van der Waals surface area contributed by atoms with Gasteiger partial charge in [-0.25, -0.2) is 4.39 Å². The van der Waals surface area contributed by atoms with Crippen LogP contribution < -0.4 is 9.64 Å². The standard InChI is InChI=1S/C23H14FI2NO2S2/c24-17-9-5-4-6-15(17)13-29-21-18(25)10-14(11-19(21)26)12-20-22(28)27(23(30)31-20)16-7-2-1-3-8-16/h1-12H,13H2/b20-12+. The molecular weight excluding hydrogens is 659 g/mol. The minimum Gasteiger partial charge on any atom is -0.487 e. The number of hydrogen-bond acceptors (Lipinski definition) is 4. The molecule has 0 spiro atoms. The molecule has 0 saturated carbocycles. The lowest BCUT2D eigenvalue weighted by Crippen LogP contribution is -2.27. The van der Waals surface area contributed by atoms with Crippen LogP contribution in [0.25, 0.3) is 6.08 Å². The van der Waals surface area contributed by atoms with Gasteiger partial charge in [0.2, 0.25) is 0 Å². The highest BCUT2D eigenvalue weighted by atomic mass is 127. The summed E-state index contributed by atoms with van der Waals surface area (Å²) in [6.07, 6.45) is 1.84. The summed E-state index contributed by atoms with van der Waals surface area (Å²) in [5, 5.41) is 0. The maximum Gasteiger partial charge on any atom is 0.270 e. The Morgan fingerprint density at radius 2 is 1.68 bits per heavy atom. The minimum atomic E-state index is -0.287. The van der Waals surface area contributed by atoms with Crippen LogP contribution in [0.2, 0.25) is 0 Å². The normalized spacial score (nSPS) is 15.1. The van der Waals surface area contributed by atoms with Crippen molar-refractivity contribution in [1.29, 1.82) is 0 Å². The average molecular weight is 673 g/mol. The van der Waals surface area contributed by atoms with Crippen molar-refractivity contribution >= 4 is 91.2 Å². The summed E-state index contributed by atoms with van der Waals surface area (Å²) in [5.74, 6) is 0.272. The molecule has 0 radical (unpaired) electrons. The van der Waals surface area contributed by atoms with Gasteiger partial charge >= 0.3 is 0 Å². The number of nitrogens with zero attached hydrogens (tertiary/aromatic N) is 1. The summed E-state index contributed by atoms with van der Waals surface area (Å²) in [5.41, 5.74) is 2.14. The van der Waals surface area contributed by atoms with Crippen LogP contribution in [0.4, 0.5) is 10.1 Å². The largest absolute Gasteiger partial charge is 0.487 e. The van der Waals surface area contributed by atoms with E-state index in [1.54, 1.807) is 23.1 Å². The zero-order chi connectivity index (χ0) is 22.0. The summed E-state index contributed by atoms with van der Waals surface area (Å²) in [6.45, 7) is 0.147. The molecule has 0 aromatic heterocycles. The van der Waals surface area contributed by atoms with Gasteiger partial charge in [0.15, 0.2) is 4.32 Å². The highest BCUT2D eigenvalue weighted by Crippen LogP contribution is 2.37. The predicted molar refractivity (Wildman–Crippen MR) is 145 cm³/mol. The van der Waals surface area contributed by atoms with Gasteiger partial charge in [-0.3, -0.25) is 9.69 Å². The van der Waals surface area contributed by atoms with Gasteiger partial charge in [0, 0.05) is 5.56 Å². The first-order valence-electron chi connectivity index (χ1n) is 9.12. The Hall–Kier alpha value is -1.50. The van der Waals surface area contributed by atoms with E-state index in [-0.39, 0.29) is 18.3 Å². The summed E-state index contributed by atoms with van der Waals surface area (Å²) >= 11 is 11.1. The Kier molecular flexibility index (Phi) is 7.29. The van der Waals surface area contributed by atoms with E-state index in [1.807, 2.05) is 48.5 Å². The molecule has 1 fully saturated rings. The van der Waals surface area contributed by atoms with E-state index in [0.29, 0.717) is 20.5 Å². The molecule has 0 atom stereocenters. The van der Waals surface area contributed by atoms with Crippen LogP contribution in [0, 0.1) is 13.0 Å². The molecule has 1 saturated heterocycles. The van der Waals surface area contributed by atoms with Crippen LogP contribution in [0.3, 0.4) is 0 Å². The molecule has 1 amide bonds. The lowest BCUT2D eigenvalue weighted by atomic mass is 10.2. The number of carbonyl (C=O) groups is 1. The van der Waals surface area contributed by atoms with E-state index in [1.165, 1.54) is 17.8 Å². The van der Waals surface area contributed by atoms with E-state index in [4.69, 9.17) is 17.0 Å². The fourth-order valence-electron chi connectivity index (χ4n) is 2.98. The van der Waals surface area contributed by atoms with Crippen molar-refractivity contribution in [2.75, 3.05) is 4.90 Å². The van der Waals surface area contributed by atoms with E-state index in [0.717, 1.165) is 18.4 Å². The Bertz CT molecular complexity index is 1180. The summed E-state index contributed by atoms with van der Waals surface area (Å²) in [7, 11) is 0. The van der Waals surface area contributed by atoms with Crippen LogP contribution in [0.15, 0.2) is 71.6 Å². The smallest absolute Gasteiger partial charge is 0.270 e. The van der Waals surface area contributed by atoms with E-state index >= 15 is 0 Å². The van der Waals surface area contributed by atoms with Crippen LogP contribution in [-0.4, -0.2) is 10.2 Å². The van der Waals surface area contributed by atoms with Crippen molar-refractivity contribution in [1.82, 2.24) is 0 Å². The molecule has 156 valence electrons. The first-order valence-corrected chi connectivity index (χ1v) is 12.5. The second kappa shape index (κ2) is 9.97. The molecule has 0 bridgehead atoms. The number of benzene rings is 3. The monoisotopic (exact) mass is 673 g/mol. The number of halogens is 3. The Morgan fingerprint density at radius 3 is 2.35 bits per heavy atom. The van der Waals surface area contributed by atoms with Gasteiger partial charge in [-0.15, -0.1) is 0 Å². The van der Waals surface area contributed by atoms with Crippen LogP contribution in [-0.2, 0) is 11.4 Å². The molecular formula is C23H14FI2NO2S2. The van der Waals surface area contributed by atoms with Gasteiger partial charge in [0.25, 0.3) is 5.91 Å². The first kappa shape index (κ1) is 22.7. The zero-order valence-corrected chi connectivity index (χ0v) is 21.8. The highest BCUT2D eigenvalue weighted by Gasteiger charge is 2.33. The fraction of sp³-hybridized carbons (Fsp3) is 0.0435. The van der Waals surface area contributed by atoms with Crippen LogP contribution in [0.5, 0.6) is 5.75 Å². The number of rotatable bonds is 5. The van der Waals surface area contributed by atoms with E-state index < -0.39 is 0 Å². The highest BCUT2D eigenvalue weighted by molar-refractivity contribution is 14.1. The number of hydrogen-bond donors (Lipinski definition) is 0. The maximum atomic E-state index is 13.9. The summed E-state index contributed by atoms with van der Waals surface area (Å²) in [6, 6.07) is 19.8. The van der Waals surface area contributed by atoms with E-state index in [2.05, 4.69) is 45.2 Å². The number of thiocarbonyl (C=S) groups is 1. The quantitative estimate of drug-likeness (QED) is 0.166. The van der Waals surface area contributed by atoms with Gasteiger partial charge < -0.3 is 4.74 Å². The van der Waals surface area contributed by atoms with Crippen molar-refractivity contribution in [3.05, 3.63) is 95.7 Å². The van der Waals surface area contributed by atoms with Crippen molar-refractivity contribution in [3.63, 3.8) is 0 Å². The lowest BCUT2D eigenvalue weighted by molar-refractivity contribution is -0.113.